The summed E-state index contributed by atoms with van der Waals surface area (Å²) in [6.45, 7) is 6.40. The van der Waals surface area contributed by atoms with Crippen LogP contribution in [0.25, 0.3) is 21.8 Å². The predicted octanol–water partition coefficient (Wildman–Crippen LogP) is 6.55. The van der Waals surface area contributed by atoms with Crippen LogP contribution in [-0.4, -0.2) is 23.9 Å². The molecule has 0 unspecified atom stereocenters. The predicted molar refractivity (Wildman–Crippen MR) is 118 cm³/mol. The Bertz CT molecular complexity index is 1200. The Balaban J connectivity index is 1.86. The quantitative estimate of drug-likeness (QED) is 0.408. The van der Waals surface area contributed by atoms with Crippen LogP contribution in [0.2, 0.25) is 5.02 Å². The minimum absolute atomic E-state index is 0.0394. The zero-order valence-electron chi connectivity index (χ0n) is 17.0. The summed E-state index contributed by atoms with van der Waals surface area (Å²) in [5.41, 5.74) is -2.31. The van der Waals surface area contributed by atoms with E-state index in [9.17, 15) is 21.6 Å². The largest absolute Gasteiger partial charge is 0.497 e. The van der Waals surface area contributed by atoms with Crippen molar-refractivity contribution >= 4 is 32.8 Å². The first-order valence-corrected chi connectivity index (χ1v) is 12.1. The number of benzene rings is 1. The molecule has 10 heteroatoms. The van der Waals surface area contributed by atoms with E-state index in [1.807, 2.05) is 12.1 Å². The number of alkyl halides is 3. The van der Waals surface area contributed by atoms with Crippen LogP contribution in [0, 0.1) is 5.41 Å². The van der Waals surface area contributed by atoms with Gasteiger partial charge >= 0.3 is 5.51 Å². The van der Waals surface area contributed by atoms with Crippen molar-refractivity contribution < 1.29 is 21.6 Å². The van der Waals surface area contributed by atoms with Crippen molar-refractivity contribution in [3.05, 3.63) is 58.2 Å². The maximum absolute atomic E-state index is 12.6. The fourth-order valence-electron chi connectivity index (χ4n) is 2.94. The van der Waals surface area contributed by atoms with Crippen molar-refractivity contribution in [2.75, 3.05) is 0 Å². The molecular weight excluding hydrogens is 469 g/mol. The second-order valence-corrected chi connectivity index (χ2v) is 11.6. The summed E-state index contributed by atoms with van der Waals surface area (Å²) in [7, 11) is -5.27. The van der Waals surface area contributed by atoms with Gasteiger partial charge in [-0.1, -0.05) is 44.5 Å². The second kappa shape index (κ2) is 8.52. The van der Waals surface area contributed by atoms with Crippen LogP contribution in [-0.2, 0) is 22.0 Å². The van der Waals surface area contributed by atoms with Gasteiger partial charge in [-0.2, -0.15) is 13.2 Å². The molecule has 0 aliphatic heterocycles. The van der Waals surface area contributed by atoms with Crippen LogP contribution in [0.3, 0.4) is 0 Å². The molecule has 0 bridgehead atoms. The summed E-state index contributed by atoms with van der Waals surface area (Å²) < 4.78 is 60.6. The molecule has 0 amide bonds. The van der Waals surface area contributed by atoms with E-state index in [0.29, 0.717) is 11.3 Å². The average Bonchev–Trinajstić information content (AvgIpc) is 3.09. The minimum Gasteiger partial charge on any atom is -0.261 e. The number of halogens is 4. The molecule has 4 nitrogen and oxygen atoms in total. The smallest absolute Gasteiger partial charge is 0.261 e. The van der Waals surface area contributed by atoms with Crippen LogP contribution in [0.1, 0.15) is 32.0 Å². The van der Waals surface area contributed by atoms with Gasteiger partial charge in [0.2, 0.25) is 0 Å². The Morgan fingerprint density at radius 2 is 1.81 bits per heavy atom. The minimum atomic E-state index is -5.31. The molecule has 0 aliphatic carbocycles. The molecule has 1 aromatic carbocycles. The van der Waals surface area contributed by atoms with E-state index >= 15 is 0 Å². The Morgan fingerprint density at radius 3 is 2.42 bits per heavy atom. The van der Waals surface area contributed by atoms with Gasteiger partial charge in [-0.3, -0.25) is 4.98 Å². The standard InChI is InChI=1S/C21H20ClF3N2O2S2/c1-20(2,3)10-15-9-14(6-7-26-15)19-27-18(11-30-19)16-5-4-13(8-17(16)22)12-31(28,29)21(23,24)25/h4-9,11H,10,12H2,1-3H3. The molecule has 2 heterocycles. The van der Waals surface area contributed by atoms with E-state index < -0.39 is 21.1 Å². The number of hydrogen-bond acceptors (Lipinski definition) is 5. The molecule has 0 aliphatic rings. The monoisotopic (exact) mass is 488 g/mol. The van der Waals surface area contributed by atoms with Crippen molar-refractivity contribution in [1.82, 2.24) is 9.97 Å². The van der Waals surface area contributed by atoms with Crippen LogP contribution < -0.4 is 0 Å². The zero-order chi connectivity index (χ0) is 23.0. The Morgan fingerprint density at radius 1 is 1.10 bits per heavy atom. The summed E-state index contributed by atoms with van der Waals surface area (Å²) in [5.74, 6) is -1.16. The average molecular weight is 489 g/mol. The van der Waals surface area contributed by atoms with Gasteiger partial charge in [0.1, 0.15) is 5.01 Å². The number of pyridine rings is 1. The van der Waals surface area contributed by atoms with E-state index in [1.165, 1.54) is 29.5 Å². The highest BCUT2D eigenvalue weighted by molar-refractivity contribution is 7.91. The van der Waals surface area contributed by atoms with Gasteiger partial charge in [0, 0.05) is 28.4 Å². The summed E-state index contributed by atoms with van der Waals surface area (Å²) in [4.78, 5) is 9.01. The number of thiazole rings is 1. The molecule has 31 heavy (non-hydrogen) atoms. The molecular formula is C21H20ClF3N2O2S2. The molecule has 0 radical (unpaired) electrons. The third-order valence-electron chi connectivity index (χ3n) is 4.30. The van der Waals surface area contributed by atoms with Crippen LogP contribution in [0.15, 0.2) is 41.9 Å². The second-order valence-electron chi connectivity index (χ2n) is 8.33. The normalized spacial score (nSPS) is 12.9. The number of nitrogens with zero attached hydrogens (tertiary/aromatic N) is 2. The first-order valence-electron chi connectivity index (χ1n) is 9.24. The van der Waals surface area contributed by atoms with E-state index in [1.54, 1.807) is 11.6 Å². The van der Waals surface area contributed by atoms with Crippen LogP contribution in [0.5, 0.6) is 0 Å². The topological polar surface area (TPSA) is 59.9 Å². The van der Waals surface area contributed by atoms with Crippen LogP contribution in [0.4, 0.5) is 13.2 Å². The highest BCUT2D eigenvalue weighted by Gasteiger charge is 2.45. The van der Waals surface area contributed by atoms with Gasteiger partial charge in [-0.15, -0.1) is 11.3 Å². The van der Waals surface area contributed by atoms with E-state index in [2.05, 4.69) is 30.7 Å². The molecule has 0 saturated carbocycles. The Hall–Kier alpha value is -1.97. The molecule has 0 atom stereocenters. The van der Waals surface area contributed by atoms with Crippen molar-refractivity contribution in [2.24, 2.45) is 5.41 Å². The molecule has 0 spiro atoms. The van der Waals surface area contributed by atoms with Gasteiger partial charge in [-0.05, 0) is 35.6 Å². The summed E-state index contributed by atoms with van der Waals surface area (Å²) in [5, 5.41) is 2.69. The van der Waals surface area contributed by atoms with Gasteiger partial charge in [0.25, 0.3) is 9.84 Å². The fraction of sp³-hybridized carbons (Fsp3) is 0.333. The maximum Gasteiger partial charge on any atom is 0.497 e. The number of hydrogen-bond donors (Lipinski definition) is 0. The Labute approximate surface area is 188 Å². The third-order valence-corrected chi connectivity index (χ3v) is 6.92. The van der Waals surface area contributed by atoms with Crippen molar-refractivity contribution in [3.8, 4) is 21.8 Å². The van der Waals surface area contributed by atoms with Crippen molar-refractivity contribution in [2.45, 2.75) is 38.5 Å². The lowest BCUT2D eigenvalue weighted by atomic mass is 9.90. The molecule has 0 saturated heterocycles. The van der Waals surface area contributed by atoms with Gasteiger partial charge in [0.05, 0.1) is 16.5 Å². The highest BCUT2D eigenvalue weighted by Crippen LogP contribution is 2.35. The SMILES string of the molecule is CC(C)(C)Cc1cc(-c2nc(-c3ccc(CS(=O)(=O)C(F)(F)F)cc3Cl)cs2)ccn1. The zero-order valence-corrected chi connectivity index (χ0v) is 19.4. The first kappa shape index (κ1) is 23.7. The maximum atomic E-state index is 12.6. The lowest BCUT2D eigenvalue weighted by Crippen LogP contribution is -2.24. The first-order chi connectivity index (χ1) is 14.2. The van der Waals surface area contributed by atoms with E-state index in [0.717, 1.165) is 22.7 Å². The summed E-state index contributed by atoms with van der Waals surface area (Å²) in [6, 6.07) is 7.88. The molecule has 166 valence electrons. The van der Waals surface area contributed by atoms with E-state index in [-0.39, 0.29) is 16.0 Å². The number of rotatable bonds is 5. The lowest BCUT2D eigenvalue weighted by molar-refractivity contribution is -0.0437. The van der Waals surface area contributed by atoms with Crippen LogP contribution >= 0.6 is 22.9 Å². The van der Waals surface area contributed by atoms with Crippen molar-refractivity contribution in [1.29, 1.82) is 0 Å². The van der Waals surface area contributed by atoms with Gasteiger partial charge < -0.3 is 0 Å². The van der Waals surface area contributed by atoms with Crippen molar-refractivity contribution in [3.63, 3.8) is 0 Å². The molecule has 3 aromatic rings. The Kier molecular flexibility index (Phi) is 6.51. The summed E-state index contributed by atoms with van der Waals surface area (Å²) in [6.07, 6.45) is 2.55. The molecule has 0 fully saturated rings. The third kappa shape index (κ3) is 5.84. The van der Waals surface area contributed by atoms with E-state index in [4.69, 9.17) is 11.6 Å². The number of aromatic nitrogens is 2. The summed E-state index contributed by atoms with van der Waals surface area (Å²) >= 11 is 7.65. The number of sulfone groups is 1. The molecule has 2 aromatic heterocycles. The van der Waals surface area contributed by atoms with Gasteiger partial charge in [-0.25, -0.2) is 13.4 Å². The highest BCUT2D eigenvalue weighted by atomic mass is 35.5. The molecule has 0 N–H and O–H groups in total. The molecule has 3 rings (SSSR count). The lowest BCUT2D eigenvalue weighted by Gasteiger charge is -2.17. The van der Waals surface area contributed by atoms with Gasteiger partial charge in [0.15, 0.2) is 0 Å². The fourth-order valence-corrected chi connectivity index (χ4v) is 4.84.